The molecular weight excluding hydrogens is 184 g/mol. The highest BCUT2D eigenvalue weighted by molar-refractivity contribution is 5.19. The van der Waals surface area contributed by atoms with Crippen molar-refractivity contribution in [2.75, 3.05) is 26.7 Å². The molecule has 0 fully saturated rings. The molecule has 0 heterocycles. The smallest absolute Gasteiger partial charge is 0.0469 e. The lowest BCUT2D eigenvalue weighted by Crippen LogP contribution is -2.33. The Kier molecular flexibility index (Phi) is 5.37. The molecule has 0 aliphatic carbocycles. The average molecular weight is 206 g/mol. The van der Waals surface area contributed by atoms with Crippen LogP contribution in [0.25, 0.3) is 0 Å². The van der Waals surface area contributed by atoms with Crippen molar-refractivity contribution in [3.63, 3.8) is 0 Å². The van der Waals surface area contributed by atoms with Crippen LogP contribution in [0.3, 0.4) is 0 Å². The number of nitrogens with zero attached hydrogens (tertiary/aromatic N) is 1. The van der Waals surface area contributed by atoms with Crippen molar-refractivity contribution in [1.29, 1.82) is 0 Å². The third kappa shape index (κ3) is 3.65. The van der Waals surface area contributed by atoms with Gasteiger partial charge in [0.15, 0.2) is 0 Å². The van der Waals surface area contributed by atoms with Crippen LogP contribution in [0.1, 0.15) is 25.5 Å². The minimum absolute atomic E-state index is 0.483. The largest absolute Gasteiger partial charge is 0.315 e. The maximum atomic E-state index is 3.42. The summed E-state index contributed by atoms with van der Waals surface area (Å²) in [6.45, 7) is 7.46. The van der Waals surface area contributed by atoms with Gasteiger partial charge >= 0.3 is 0 Å². The van der Waals surface area contributed by atoms with E-state index < -0.39 is 0 Å². The quantitative estimate of drug-likeness (QED) is 0.768. The van der Waals surface area contributed by atoms with E-state index in [-0.39, 0.29) is 0 Å². The first-order chi connectivity index (χ1) is 7.29. The van der Waals surface area contributed by atoms with E-state index in [1.54, 1.807) is 0 Å². The van der Waals surface area contributed by atoms with Gasteiger partial charge in [0.2, 0.25) is 0 Å². The summed E-state index contributed by atoms with van der Waals surface area (Å²) >= 11 is 0. The number of hydrogen-bond acceptors (Lipinski definition) is 2. The van der Waals surface area contributed by atoms with Crippen LogP contribution in [0.2, 0.25) is 0 Å². The van der Waals surface area contributed by atoms with E-state index in [1.807, 2.05) is 0 Å². The van der Waals surface area contributed by atoms with E-state index in [9.17, 15) is 0 Å². The number of nitrogens with one attached hydrogen (secondary N) is 1. The van der Waals surface area contributed by atoms with Crippen molar-refractivity contribution >= 4 is 0 Å². The predicted octanol–water partition coefficient (Wildman–Crippen LogP) is 2.29. The molecule has 0 bridgehead atoms. The summed E-state index contributed by atoms with van der Waals surface area (Å²) in [4.78, 5) is 2.37. The SMILES string of the molecule is CCNCC(c1ccccc1)N(C)CC. The molecule has 0 spiro atoms. The van der Waals surface area contributed by atoms with Crippen LogP contribution in [0, 0.1) is 0 Å². The van der Waals surface area contributed by atoms with Crippen molar-refractivity contribution in [3.05, 3.63) is 35.9 Å². The number of benzene rings is 1. The molecule has 1 aromatic carbocycles. The van der Waals surface area contributed by atoms with Crippen molar-refractivity contribution in [2.45, 2.75) is 19.9 Å². The molecule has 1 atom stereocenters. The molecule has 1 rings (SSSR count). The van der Waals surface area contributed by atoms with Crippen molar-refractivity contribution in [2.24, 2.45) is 0 Å². The molecule has 0 aromatic heterocycles. The molecule has 2 nitrogen and oxygen atoms in total. The van der Waals surface area contributed by atoms with Gasteiger partial charge < -0.3 is 5.32 Å². The number of likely N-dealkylation sites (N-methyl/N-ethyl adjacent to an activating group) is 2. The summed E-state index contributed by atoms with van der Waals surface area (Å²) in [5.41, 5.74) is 1.39. The highest BCUT2D eigenvalue weighted by atomic mass is 15.1. The zero-order valence-corrected chi connectivity index (χ0v) is 10.0. The summed E-state index contributed by atoms with van der Waals surface area (Å²) in [5, 5.41) is 3.42. The third-order valence-corrected chi connectivity index (χ3v) is 2.80. The van der Waals surface area contributed by atoms with Crippen LogP contribution in [0.15, 0.2) is 30.3 Å². The molecule has 15 heavy (non-hydrogen) atoms. The molecule has 1 unspecified atom stereocenters. The molecule has 0 saturated heterocycles. The Labute approximate surface area is 93.3 Å². The Bertz CT molecular complexity index is 258. The average Bonchev–Trinajstić information content (AvgIpc) is 2.30. The molecule has 2 heteroatoms. The van der Waals surface area contributed by atoms with Gasteiger partial charge in [0.05, 0.1) is 0 Å². The molecule has 1 N–H and O–H groups in total. The monoisotopic (exact) mass is 206 g/mol. The lowest BCUT2D eigenvalue weighted by molar-refractivity contribution is 0.251. The Morgan fingerprint density at radius 1 is 1.20 bits per heavy atom. The molecular formula is C13H22N2. The predicted molar refractivity (Wildman–Crippen MR) is 66.0 cm³/mol. The van der Waals surface area contributed by atoms with Crippen LogP contribution in [-0.4, -0.2) is 31.6 Å². The number of hydrogen-bond donors (Lipinski definition) is 1. The van der Waals surface area contributed by atoms with Crippen molar-refractivity contribution < 1.29 is 0 Å². The third-order valence-electron chi connectivity index (χ3n) is 2.80. The molecule has 0 aliphatic heterocycles. The topological polar surface area (TPSA) is 15.3 Å². The van der Waals surface area contributed by atoms with Crippen LogP contribution in [0.5, 0.6) is 0 Å². The fraction of sp³-hybridized carbons (Fsp3) is 0.538. The van der Waals surface area contributed by atoms with Gasteiger partial charge in [-0.2, -0.15) is 0 Å². The molecule has 0 saturated carbocycles. The lowest BCUT2D eigenvalue weighted by Gasteiger charge is -2.27. The molecule has 84 valence electrons. The summed E-state index contributed by atoms with van der Waals surface area (Å²) in [6.07, 6.45) is 0. The van der Waals surface area contributed by atoms with E-state index in [0.29, 0.717) is 6.04 Å². The van der Waals surface area contributed by atoms with Gasteiger partial charge in [-0.05, 0) is 25.7 Å². The van der Waals surface area contributed by atoms with Crippen molar-refractivity contribution in [1.82, 2.24) is 10.2 Å². The molecule has 1 aromatic rings. The van der Waals surface area contributed by atoms with E-state index >= 15 is 0 Å². The van der Waals surface area contributed by atoms with Gasteiger partial charge in [-0.3, -0.25) is 4.90 Å². The van der Waals surface area contributed by atoms with E-state index in [4.69, 9.17) is 0 Å². The number of rotatable bonds is 6. The van der Waals surface area contributed by atoms with E-state index in [0.717, 1.165) is 19.6 Å². The second kappa shape index (κ2) is 6.59. The summed E-state index contributed by atoms with van der Waals surface area (Å²) in [5.74, 6) is 0. The first-order valence-corrected chi connectivity index (χ1v) is 5.75. The Hall–Kier alpha value is -0.860. The zero-order valence-electron chi connectivity index (χ0n) is 10.0. The van der Waals surface area contributed by atoms with Gasteiger partial charge in [0.1, 0.15) is 0 Å². The van der Waals surface area contributed by atoms with E-state index in [1.165, 1.54) is 5.56 Å². The second-order valence-corrected chi connectivity index (χ2v) is 3.81. The second-order valence-electron chi connectivity index (χ2n) is 3.81. The molecule has 0 aliphatic rings. The Morgan fingerprint density at radius 3 is 2.40 bits per heavy atom. The van der Waals surface area contributed by atoms with Crippen molar-refractivity contribution in [3.8, 4) is 0 Å². The first kappa shape index (κ1) is 12.2. The van der Waals surface area contributed by atoms with Gasteiger partial charge in [-0.1, -0.05) is 44.2 Å². The van der Waals surface area contributed by atoms with Gasteiger partial charge in [-0.25, -0.2) is 0 Å². The molecule has 0 radical (unpaired) electrons. The fourth-order valence-corrected chi connectivity index (χ4v) is 1.70. The summed E-state index contributed by atoms with van der Waals surface area (Å²) < 4.78 is 0. The Morgan fingerprint density at radius 2 is 1.87 bits per heavy atom. The van der Waals surface area contributed by atoms with Crippen LogP contribution < -0.4 is 5.32 Å². The minimum atomic E-state index is 0.483. The highest BCUT2D eigenvalue weighted by Gasteiger charge is 2.14. The summed E-state index contributed by atoms with van der Waals surface area (Å²) in [6, 6.07) is 11.2. The maximum absolute atomic E-state index is 3.42. The maximum Gasteiger partial charge on any atom is 0.0469 e. The standard InChI is InChI=1S/C13H22N2/c1-4-14-11-13(15(3)5-2)12-9-7-6-8-10-12/h6-10,13-14H,4-5,11H2,1-3H3. The zero-order chi connectivity index (χ0) is 11.1. The lowest BCUT2D eigenvalue weighted by atomic mass is 10.1. The highest BCUT2D eigenvalue weighted by Crippen LogP contribution is 2.17. The van der Waals surface area contributed by atoms with Crippen LogP contribution in [0.4, 0.5) is 0 Å². The van der Waals surface area contributed by atoms with Crippen LogP contribution in [-0.2, 0) is 0 Å². The fourth-order valence-electron chi connectivity index (χ4n) is 1.70. The van der Waals surface area contributed by atoms with Gasteiger partial charge in [0.25, 0.3) is 0 Å². The molecule has 0 amide bonds. The first-order valence-electron chi connectivity index (χ1n) is 5.75. The normalized spacial score (nSPS) is 13.1. The van der Waals surface area contributed by atoms with Gasteiger partial charge in [0, 0.05) is 12.6 Å². The van der Waals surface area contributed by atoms with E-state index in [2.05, 4.69) is 61.4 Å². The minimum Gasteiger partial charge on any atom is -0.315 e. The summed E-state index contributed by atoms with van der Waals surface area (Å²) in [7, 11) is 2.18. The Balaban J connectivity index is 2.72. The van der Waals surface area contributed by atoms with Crippen LogP contribution >= 0.6 is 0 Å². The van der Waals surface area contributed by atoms with Gasteiger partial charge in [-0.15, -0.1) is 0 Å².